The van der Waals surface area contributed by atoms with Gasteiger partial charge < -0.3 is 10.4 Å². The first-order valence-electron chi connectivity index (χ1n) is 5.84. The van der Waals surface area contributed by atoms with Crippen molar-refractivity contribution in [2.24, 2.45) is 17.8 Å². The summed E-state index contributed by atoms with van der Waals surface area (Å²) < 4.78 is 0. The Balaban J connectivity index is 2.66. The van der Waals surface area contributed by atoms with Crippen molar-refractivity contribution in [2.45, 2.75) is 27.7 Å². The second-order valence-electron chi connectivity index (χ2n) is 4.87. The van der Waals surface area contributed by atoms with Gasteiger partial charge in [0.05, 0.1) is 5.51 Å². The van der Waals surface area contributed by atoms with Gasteiger partial charge in [-0.3, -0.25) is 0 Å². The zero-order valence-corrected chi connectivity index (χ0v) is 11.5. The third-order valence-corrected chi connectivity index (χ3v) is 3.77. The molecular formula is C12H20N2O2S. The average molecular weight is 256 g/mol. The predicted octanol–water partition coefficient (Wildman–Crippen LogP) is 3.18. The maximum atomic E-state index is 10.9. The van der Waals surface area contributed by atoms with E-state index in [0.717, 1.165) is 6.54 Å². The summed E-state index contributed by atoms with van der Waals surface area (Å²) in [6.07, 6.45) is 0. The summed E-state index contributed by atoms with van der Waals surface area (Å²) >= 11 is 1.34. The Bertz CT molecular complexity index is 366. The number of carboxylic acids is 1. The minimum atomic E-state index is -0.973. The molecule has 96 valence electrons. The fourth-order valence-electron chi connectivity index (χ4n) is 1.98. The van der Waals surface area contributed by atoms with Crippen LogP contribution >= 0.6 is 11.3 Å². The van der Waals surface area contributed by atoms with Gasteiger partial charge in [-0.2, -0.15) is 0 Å². The van der Waals surface area contributed by atoms with Gasteiger partial charge in [-0.1, -0.05) is 27.7 Å². The first kappa shape index (κ1) is 14.0. The summed E-state index contributed by atoms with van der Waals surface area (Å²) in [4.78, 5) is 14.7. The molecule has 0 atom stereocenters. The van der Waals surface area contributed by atoms with Gasteiger partial charge in [-0.05, 0) is 17.8 Å². The van der Waals surface area contributed by atoms with Crippen molar-refractivity contribution in [3.05, 3.63) is 11.2 Å². The third kappa shape index (κ3) is 3.70. The number of nitrogens with zero attached hydrogens (tertiary/aromatic N) is 1. The molecule has 0 fully saturated rings. The van der Waals surface area contributed by atoms with Crippen LogP contribution < -0.4 is 5.32 Å². The Labute approximate surface area is 106 Å². The smallest absolute Gasteiger partial charge is 0.357 e. The van der Waals surface area contributed by atoms with Crippen molar-refractivity contribution >= 4 is 22.3 Å². The molecule has 4 nitrogen and oxygen atoms in total. The van der Waals surface area contributed by atoms with E-state index in [1.54, 1.807) is 5.51 Å². The molecule has 5 heteroatoms. The summed E-state index contributed by atoms with van der Waals surface area (Å²) in [5.41, 5.74) is 1.69. The van der Waals surface area contributed by atoms with Gasteiger partial charge in [-0.25, -0.2) is 9.78 Å². The second kappa shape index (κ2) is 6.00. The molecule has 1 aromatic rings. The molecule has 0 bridgehead atoms. The lowest BCUT2D eigenvalue weighted by Crippen LogP contribution is -2.24. The molecule has 1 heterocycles. The van der Waals surface area contributed by atoms with Crippen LogP contribution in [0.4, 0.5) is 5.00 Å². The van der Waals surface area contributed by atoms with Gasteiger partial charge in [0, 0.05) is 6.54 Å². The fraction of sp³-hybridized carbons (Fsp3) is 0.667. The minimum absolute atomic E-state index is 0.126. The summed E-state index contributed by atoms with van der Waals surface area (Å²) in [6, 6.07) is 0. The molecule has 0 aliphatic heterocycles. The molecule has 0 unspecified atom stereocenters. The average Bonchev–Trinajstić information content (AvgIpc) is 2.64. The molecule has 0 saturated heterocycles. The van der Waals surface area contributed by atoms with E-state index in [-0.39, 0.29) is 5.69 Å². The summed E-state index contributed by atoms with van der Waals surface area (Å²) in [7, 11) is 0. The third-order valence-electron chi connectivity index (χ3n) is 2.98. The van der Waals surface area contributed by atoms with Gasteiger partial charge in [-0.15, -0.1) is 11.3 Å². The van der Waals surface area contributed by atoms with Crippen molar-refractivity contribution in [1.29, 1.82) is 0 Å². The van der Waals surface area contributed by atoms with Gasteiger partial charge in [0.2, 0.25) is 0 Å². The second-order valence-corrected chi connectivity index (χ2v) is 5.72. The number of carbonyl (C=O) groups is 1. The molecule has 0 radical (unpaired) electrons. The fourth-order valence-corrected chi connectivity index (χ4v) is 2.66. The van der Waals surface area contributed by atoms with Gasteiger partial charge >= 0.3 is 5.97 Å². The molecule has 1 aromatic heterocycles. The highest BCUT2D eigenvalue weighted by molar-refractivity contribution is 7.14. The predicted molar refractivity (Wildman–Crippen MR) is 70.7 cm³/mol. The first-order chi connectivity index (χ1) is 7.93. The van der Waals surface area contributed by atoms with Crippen LogP contribution in [0.3, 0.4) is 0 Å². The van der Waals surface area contributed by atoms with Crippen LogP contribution in [-0.2, 0) is 0 Å². The number of hydrogen-bond donors (Lipinski definition) is 2. The van der Waals surface area contributed by atoms with E-state index in [2.05, 4.69) is 38.0 Å². The van der Waals surface area contributed by atoms with Crippen molar-refractivity contribution in [3.8, 4) is 0 Å². The van der Waals surface area contributed by atoms with Crippen molar-refractivity contribution in [2.75, 3.05) is 11.9 Å². The number of carboxylic acid groups (broad SMARTS) is 1. The Hall–Kier alpha value is -1.10. The number of anilines is 1. The molecule has 1 rings (SSSR count). The Morgan fingerprint density at radius 1 is 1.41 bits per heavy atom. The van der Waals surface area contributed by atoms with Crippen LogP contribution in [0.25, 0.3) is 0 Å². The molecule has 0 saturated carbocycles. The van der Waals surface area contributed by atoms with Crippen LogP contribution in [0.1, 0.15) is 38.2 Å². The number of aromatic carboxylic acids is 1. The highest BCUT2D eigenvalue weighted by atomic mass is 32.1. The van der Waals surface area contributed by atoms with Crippen molar-refractivity contribution in [3.63, 3.8) is 0 Å². The number of aromatic nitrogens is 1. The van der Waals surface area contributed by atoms with Gasteiger partial charge in [0.25, 0.3) is 0 Å². The van der Waals surface area contributed by atoms with Crippen LogP contribution in [0.15, 0.2) is 5.51 Å². The van der Waals surface area contributed by atoms with Crippen LogP contribution in [0, 0.1) is 17.8 Å². The zero-order chi connectivity index (χ0) is 13.0. The van der Waals surface area contributed by atoms with E-state index < -0.39 is 5.97 Å². The zero-order valence-electron chi connectivity index (χ0n) is 10.7. The molecule has 0 aromatic carbocycles. The van der Waals surface area contributed by atoms with Gasteiger partial charge in [0.1, 0.15) is 5.00 Å². The Kier molecular flexibility index (Phi) is 4.93. The molecule has 0 spiro atoms. The highest BCUT2D eigenvalue weighted by Crippen LogP contribution is 2.24. The Morgan fingerprint density at radius 2 is 2.00 bits per heavy atom. The maximum Gasteiger partial charge on any atom is 0.357 e. The summed E-state index contributed by atoms with van der Waals surface area (Å²) in [5.74, 6) is 0.700. The first-order valence-corrected chi connectivity index (χ1v) is 6.72. The lowest BCUT2D eigenvalue weighted by atomic mass is 9.85. The lowest BCUT2D eigenvalue weighted by Gasteiger charge is -2.25. The molecule has 17 heavy (non-hydrogen) atoms. The van der Waals surface area contributed by atoms with E-state index in [4.69, 9.17) is 5.11 Å². The maximum absolute atomic E-state index is 10.9. The normalized spacial score (nSPS) is 11.5. The minimum Gasteiger partial charge on any atom is -0.476 e. The number of nitrogens with one attached hydrogen (secondary N) is 1. The lowest BCUT2D eigenvalue weighted by molar-refractivity contribution is 0.0692. The van der Waals surface area contributed by atoms with E-state index in [1.807, 2.05) is 0 Å². The van der Waals surface area contributed by atoms with E-state index in [1.165, 1.54) is 11.3 Å². The molecule has 0 aliphatic carbocycles. The van der Waals surface area contributed by atoms with Crippen molar-refractivity contribution in [1.82, 2.24) is 4.98 Å². The van der Waals surface area contributed by atoms with Crippen LogP contribution in [0.2, 0.25) is 0 Å². The summed E-state index contributed by atoms with van der Waals surface area (Å²) in [5, 5.41) is 12.8. The number of rotatable bonds is 6. The van der Waals surface area contributed by atoms with Crippen LogP contribution in [-0.4, -0.2) is 22.6 Å². The quantitative estimate of drug-likeness (QED) is 0.820. The standard InChI is InChI=1S/C12H20N2O2S/c1-7(2)9(8(3)4)5-13-11-10(12(15)16)14-6-17-11/h6-9,13H,5H2,1-4H3,(H,15,16). The Morgan fingerprint density at radius 3 is 2.47 bits per heavy atom. The van der Waals surface area contributed by atoms with Crippen molar-refractivity contribution < 1.29 is 9.90 Å². The molecular weight excluding hydrogens is 236 g/mol. The molecule has 2 N–H and O–H groups in total. The monoisotopic (exact) mass is 256 g/mol. The number of hydrogen-bond acceptors (Lipinski definition) is 4. The molecule has 0 aliphatic rings. The summed E-state index contributed by atoms with van der Waals surface area (Å²) in [6.45, 7) is 9.56. The van der Waals surface area contributed by atoms with Crippen LogP contribution in [0.5, 0.6) is 0 Å². The largest absolute Gasteiger partial charge is 0.476 e. The highest BCUT2D eigenvalue weighted by Gasteiger charge is 2.19. The SMILES string of the molecule is CC(C)C(CNc1scnc1C(=O)O)C(C)C. The topological polar surface area (TPSA) is 62.2 Å². The number of thiazole rings is 1. The van der Waals surface area contributed by atoms with Gasteiger partial charge in [0.15, 0.2) is 5.69 Å². The molecule has 0 amide bonds. The van der Waals surface area contributed by atoms with E-state index >= 15 is 0 Å². The van der Waals surface area contributed by atoms with E-state index in [0.29, 0.717) is 22.8 Å². The van der Waals surface area contributed by atoms with E-state index in [9.17, 15) is 4.79 Å².